The van der Waals surface area contributed by atoms with Crippen molar-refractivity contribution < 1.29 is 0 Å². The van der Waals surface area contributed by atoms with Crippen LogP contribution in [0.5, 0.6) is 0 Å². The number of nitrogens with zero attached hydrogens (tertiary/aromatic N) is 1. The number of anilines is 1. The Morgan fingerprint density at radius 1 is 1.47 bits per heavy atom. The second-order valence-electron chi connectivity index (χ2n) is 3.37. The molecule has 2 rings (SSSR count). The van der Waals surface area contributed by atoms with E-state index < -0.39 is 0 Å². The molecule has 15 heavy (non-hydrogen) atoms. The lowest BCUT2D eigenvalue weighted by atomic mass is 10.2. The lowest BCUT2D eigenvalue weighted by Gasteiger charge is -2.07. The molecule has 4 heteroatoms. The fourth-order valence-corrected chi connectivity index (χ4v) is 1.73. The van der Waals surface area contributed by atoms with E-state index in [-0.39, 0.29) is 0 Å². The highest BCUT2D eigenvalue weighted by atomic mass is 79.9. The van der Waals surface area contributed by atoms with E-state index in [1.807, 2.05) is 12.3 Å². The van der Waals surface area contributed by atoms with Crippen LogP contribution in [0.4, 0.5) is 5.69 Å². The van der Waals surface area contributed by atoms with Gasteiger partial charge in [0.15, 0.2) is 0 Å². The van der Waals surface area contributed by atoms with Crippen LogP contribution >= 0.6 is 15.9 Å². The number of hydrogen-bond acceptors (Lipinski definition) is 2. The second kappa shape index (κ2) is 4.49. The summed E-state index contributed by atoms with van der Waals surface area (Å²) >= 11 is 3.50. The van der Waals surface area contributed by atoms with Crippen molar-refractivity contribution >= 4 is 21.6 Å². The van der Waals surface area contributed by atoms with Gasteiger partial charge >= 0.3 is 0 Å². The Labute approximate surface area is 97.1 Å². The molecule has 0 atom stereocenters. The Balaban J connectivity index is 2.07. The quantitative estimate of drug-likeness (QED) is 0.896. The Morgan fingerprint density at radius 3 is 3.07 bits per heavy atom. The van der Waals surface area contributed by atoms with Crippen LogP contribution in [-0.2, 0) is 6.54 Å². The van der Waals surface area contributed by atoms with E-state index in [0.717, 1.165) is 16.0 Å². The zero-order valence-corrected chi connectivity index (χ0v) is 10.0. The van der Waals surface area contributed by atoms with E-state index in [2.05, 4.69) is 50.3 Å². The third-order valence-corrected chi connectivity index (χ3v) is 2.81. The van der Waals surface area contributed by atoms with Crippen LogP contribution in [-0.4, -0.2) is 9.97 Å². The van der Waals surface area contributed by atoms with Gasteiger partial charge in [-0.3, -0.25) is 0 Å². The minimum atomic E-state index is 0.703. The Morgan fingerprint density at radius 2 is 2.33 bits per heavy atom. The standard InChI is InChI=1S/C11H12BrN3/c1-8-2-3-9(12)10(6-8)15-7-11-13-4-5-14-11/h2-6,15H,7H2,1H3,(H,13,14). The van der Waals surface area contributed by atoms with Gasteiger partial charge in [0.2, 0.25) is 0 Å². The van der Waals surface area contributed by atoms with Gasteiger partial charge in [-0.1, -0.05) is 6.07 Å². The Hall–Kier alpha value is -1.29. The first-order chi connectivity index (χ1) is 7.25. The normalized spacial score (nSPS) is 10.3. The van der Waals surface area contributed by atoms with Crippen LogP contribution in [0.1, 0.15) is 11.4 Å². The third kappa shape index (κ3) is 2.59. The molecule has 0 fully saturated rings. The van der Waals surface area contributed by atoms with E-state index >= 15 is 0 Å². The van der Waals surface area contributed by atoms with Crippen molar-refractivity contribution in [2.75, 3.05) is 5.32 Å². The van der Waals surface area contributed by atoms with Crippen LogP contribution in [0.15, 0.2) is 35.1 Å². The summed E-state index contributed by atoms with van der Waals surface area (Å²) in [5.41, 5.74) is 2.33. The zero-order valence-electron chi connectivity index (χ0n) is 8.42. The predicted octanol–water partition coefficient (Wildman–Crippen LogP) is 3.09. The number of imidazole rings is 1. The Bertz CT molecular complexity index is 437. The fraction of sp³-hybridized carbons (Fsp3) is 0.182. The van der Waals surface area contributed by atoms with Gasteiger partial charge in [0.1, 0.15) is 5.82 Å². The van der Waals surface area contributed by atoms with Gasteiger partial charge in [-0.2, -0.15) is 0 Å². The molecule has 0 aliphatic carbocycles. The number of aryl methyl sites for hydroxylation is 1. The smallest absolute Gasteiger partial charge is 0.125 e. The summed E-state index contributed by atoms with van der Waals surface area (Å²) < 4.78 is 1.07. The molecule has 0 unspecified atom stereocenters. The molecule has 78 valence electrons. The third-order valence-electron chi connectivity index (χ3n) is 2.12. The minimum absolute atomic E-state index is 0.703. The summed E-state index contributed by atoms with van der Waals surface area (Å²) in [6.07, 6.45) is 3.57. The number of halogens is 1. The summed E-state index contributed by atoms with van der Waals surface area (Å²) in [7, 11) is 0. The van der Waals surface area contributed by atoms with E-state index in [9.17, 15) is 0 Å². The molecule has 0 saturated carbocycles. The summed E-state index contributed by atoms with van der Waals surface area (Å²) in [5.74, 6) is 0.934. The van der Waals surface area contributed by atoms with E-state index in [1.54, 1.807) is 6.20 Å². The van der Waals surface area contributed by atoms with Crippen molar-refractivity contribution in [3.63, 3.8) is 0 Å². The average molecular weight is 266 g/mol. The van der Waals surface area contributed by atoms with Gasteiger partial charge in [0, 0.05) is 22.6 Å². The van der Waals surface area contributed by atoms with Gasteiger partial charge in [-0.05, 0) is 40.5 Å². The van der Waals surface area contributed by atoms with Crippen LogP contribution in [0.2, 0.25) is 0 Å². The molecule has 0 aliphatic rings. The summed E-state index contributed by atoms with van der Waals surface area (Å²) in [6.45, 7) is 2.78. The molecule has 2 aromatic rings. The Kier molecular flexibility index (Phi) is 3.06. The van der Waals surface area contributed by atoms with Crippen molar-refractivity contribution in [1.82, 2.24) is 9.97 Å². The zero-order chi connectivity index (χ0) is 10.7. The number of aromatic amines is 1. The summed E-state index contributed by atoms with van der Waals surface area (Å²) in [6, 6.07) is 6.22. The average Bonchev–Trinajstić information content (AvgIpc) is 2.72. The summed E-state index contributed by atoms with van der Waals surface area (Å²) in [5, 5.41) is 3.32. The first kappa shape index (κ1) is 10.2. The lowest BCUT2D eigenvalue weighted by Crippen LogP contribution is -2.01. The number of H-pyrrole nitrogens is 1. The number of nitrogens with one attached hydrogen (secondary N) is 2. The number of benzene rings is 1. The van der Waals surface area contributed by atoms with Gasteiger partial charge in [0.05, 0.1) is 6.54 Å². The summed E-state index contributed by atoms with van der Waals surface area (Å²) in [4.78, 5) is 7.20. The number of hydrogen-bond donors (Lipinski definition) is 2. The topological polar surface area (TPSA) is 40.7 Å². The number of rotatable bonds is 3. The molecule has 3 nitrogen and oxygen atoms in total. The SMILES string of the molecule is Cc1ccc(Br)c(NCc2ncc[nH]2)c1. The highest BCUT2D eigenvalue weighted by molar-refractivity contribution is 9.10. The van der Waals surface area contributed by atoms with Crippen molar-refractivity contribution in [2.24, 2.45) is 0 Å². The first-order valence-corrected chi connectivity index (χ1v) is 5.53. The molecule has 2 N–H and O–H groups in total. The van der Waals surface area contributed by atoms with E-state index in [1.165, 1.54) is 5.56 Å². The monoisotopic (exact) mass is 265 g/mol. The first-order valence-electron chi connectivity index (χ1n) is 4.74. The number of aromatic nitrogens is 2. The van der Waals surface area contributed by atoms with Gasteiger partial charge < -0.3 is 10.3 Å². The highest BCUT2D eigenvalue weighted by Gasteiger charge is 2.00. The van der Waals surface area contributed by atoms with Crippen LogP contribution in [0.25, 0.3) is 0 Å². The molecule has 0 radical (unpaired) electrons. The van der Waals surface area contributed by atoms with Crippen molar-refractivity contribution in [3.8, 4) is 0 Å². The molecular weight excluding hydrogens is 254 g/mol. The molecule has 0 saturated heterocycles. The minimum Gasteiger partial charge on any atom is -0.377 e. The van der Waals surface area contributed by atoms with Crippen molar-refractivity contribution in [2.45, 2.75) is 13.5 Å². The van der Waals surface area contributed by atoms with Gasteiger partial charge in [-0.15, -0.1) is 0 Å². The van der Waals surface area contributed by atoms with Crippen molar-refractivity contribution in [1.29, 1.82) is 0 Å². The van der Waals surface area contributed by atoms with Crippen LogP contribution in [0.3, 0.4) is 0 Å². The van der Waals surface area contributed by atoms with Crippen molar-refractivity contribution in [3.05, 3.63) is 46.5 Å². The maximum atomic E-state index is 4.15. The fourth-order valence-electron chi connectivity index (χ4n) is 1.35. The molecule has 0 aliphatic heterocycles. The lowest BCUT2D eigenvalue weighted by molar-refractivity contribution is 0.998. The molecular formula is C11H12BrN3. The van der Waals surface area contributed by atoms with Gasteiger partial charge in [0.25, 0.3) is 0 Å². The van der Waals surface area contributed by atoms with E-state index in [0.29, 0.717) is 6.54 Å². The molecule has 0 amide bonds. The van der Waals surface area contributed by atoms with Gasteiger partial charge in [-0.25, -0.2) is 4.98 Å². The van der Waals surface area contributed by atoms with E-state index in [4.69, 9.17) is 0 Å². The predicted molar refractivity (Wildman–Crippen MR) is 64.8 cm³/mol. The molecule has 1 aromatic heterocycles. The van der Waals surface area contributed by atoms with Crippen LogP contribution < -0.4 is 5.32 Å². The molecule has 0 bridgehead atoms. The molecule has 0 spiro atoms. The molecule has 1 aromatic carbocycles. The maximum absolute atomic E-state index is 4.15. The maximum Gasteiger partial charge on any atom is 0.125 e. The highest BCUT2D eigenvalue weighted by Crippen LogP contribution is 2.23. The largest absolute Gasteiger partial charge is 0.377 e. The molecule has 1 heterocycles. The second-order valence-corrected chi connectivity index (χ2v) is 4.23. The van der Waals surface area contributed by atoms with Crippen LogP contribution in [0, 0.1) is 6.92 Å².